The first-order valence-electron chi connectivity index (χ1n) is 8.60. The highest BCUT2D eigenvalue weighted by atomic mass is 35.5. The van der Waals surface area contributed by atoms with E-state index in [2.05, 4.69) is 11.4 Å². The molecule has 0 unspecified atom stereocenters. The predicted molar refractivity (Wildman–Crippen MR) is 112 cm³/mol. The van der Waals surface area contributed by atoms with E-state index in [0.29, 0.717) is 21.9 Å². The molecule has 0 heterocycles. The highest BCUT2D eigenvalue weighted by Crippen LogP contribution is 2.25. The van der Waals surface area contributed by atoms with Crippen molar-refractivity contribution < 1.29 is 9.53 Å². The van der Waals surface area contributed by atoms with E-state index >= 15 is 0 Å². The van der Waals surface area contributed by atoms with Crippen LogP contribution in [0.15, 0.2) is 78.9 Å². The second-order valence-corrected chi connectivity index (χ2v) is 6.33. The Labute approximate surface area is 168 Å². The van der Waals surface area contributed by atoms with Crippen molar-refractivity contribution in [3.05, 3.63) is 95.0 Å². The zero-order valence-electron chi connectivity index (χ0n) is 14.9. The summed E-state index contributed by atoms with van der Waals surface area (Å²) in [6.45, 7) is -0.0901. The second-order valence-electron chi connectivity index (χ2n) is 5.92. The van der Waals surface area contributed by atoms with Crippen LogP contribution in [0.1, 0.15) is 11.1 Å². The summed E-state index contributed by atoms with van der Waals surface area (Å²) in [4.78, 5) is 11.9. The van der Waals surface area contributed by atoms with Crippen LogP contribution < -0.4 is 10.1 Å². The lowest BCUT2D eigenvalue weighted by atomic mass is 10.0. The molecule has 0 fully saturated rings. The molecule has 1 N–H and O–H groups in total. The van der Waals surface area contributed by atoms with E-state index in [1.165, 1.54) is 0 Å². The van der Waals surface area contributed by atoms with Crippen LogP contribution in [0.4, 0.5) is 5.69 Å². The molecule has 138 valence electrons. The number of halogens is 1. The fraction of sp³-hybridized carbons (Fsp3) is 0.0435. The Hall–Kier alpha value is -3.55. The molecule has 0 aliphatic carbocycles. The number of rotatable bonds is 6. The summed E-state index contributed by atoms with van der Waals surface area (Å²) < 4.78 is 5.51. The number of amides is 1. The number of allylic oxidation sites excluding steroid dienone is 1. The average molecular weight is 389 g/mol. The standard InChI is InChI=1S/C23H17ClN2O2/c24-22-9-5-4-8-21(22)18(15-25)14-17-10-12-20(13-11-17)28-16-23(27)26-19-6-2-1-3-7-19/h1-14H,16H2,(H,26,27). The van der Waals surface area contributed by atoms with Gasteiger partial charge in [-0.3, -0.25) is 4.79 Å². The molecule has 0 aromatic heterocycles. The van der Waals surface area contributed by atoms with Gasteiger partial charge >= 0.3 is 0 Å². The number of nitrogens with zero attached hydrogens (tertiary/aromatic N) is 1. The fourth-order valence-electron chi connectivity index (χ4n) is 2.54. The Morgan fingerprint density at radius 2 is 1.68 bits per heavy atom. The van der Waals surface area contributed by atoms with Gasteiger partial charge in [-0.15, -0.1) is 0 Å². The smallest absolute Gasteiger partial charge is 0.262 e. The molecule has 0 aliphatic heterocycles. The van der Waals surface area contributed by atoms with E-state index in [-0.39, 0.29) is 12.5 Å². The lowest BCUT2D eigenvalue weighted by Gasteiger charge is -2.08. The molecule has 0 atom stereocenters. The van der Waals surface area contributed by atoms with Gasteiger partial charge in [0.2, 0.25) is 0 Å². The van der Waals surface area contributed by atoms with Crippen LogP contribution in [0.3, 0.4) is 0 Å². The van der Waals surface area contributed by atoms with E-state index < -0.39 is 0 Å². The van der Waals surface area contributed by atoms with Crippen molar-refractivity contribution in [3.8, 4) is 11.8 Å². The molecule has 3 aromatic rings. The third kappa shape index (κ3) is 5.23. The largest absolute Gasteiger partial charge is 0.484 e. The van der Waals surface area contributed by atoms with Crippen LogP contribution in [0.2, 0.25) is 5.02 Å². The Morgan fingerprint density at radius 3 is 2.36 bits per heavy atom. The molecule has 0 bridgehead atoms. The van der Waals surface area contributed by atoms with Crippen LogP contribution in [0.5, 0.6) is 5.75 Å². The zero-order valence-corrected chi connectivity index (χ0v) is 15.7. The normalized spacial score (nSPS) is 10.8. The number of nitriles is 1. The number of benzene rings is 3. The maximum atomic E-state index is 11.9. The summed E-state index contributed by atoms with van der Waals surface area (Å²) in [5, 5.41) is 12.7. The van der Waals surface area contributed by atoms with Crippen LogP contribution in [-0.2, 0) is 4.79 Å². The summed E-state index contributed by atoms with van der Waals surface area (Å²) in [5.74, 6) is 0.331. The van der Waals surface area contributed by atoms with Gasteiger partial charge in [0, 0.05) is 16.3 Å². The van der Waals surface area contributed by atoms with E-state index in [4.69, 9.17) is 16.3 Å². The minimum atomic E-state index is -0.236. The molecule has 3 aromatic carbocycles. The molecule has 4 nitrogen and oxygen atoms in total. The second kappa shape index (κ2) is 9.40. The topological polar surface area (TPSA) is 62.1 Å². The van der Waals surface area contributed by atoms with Crippen molar-refractivity contribution in [2.24, 2.45) is 0 Å². The van der Waals surface area contributed by atoms with E-state index in [9.17, 15) is 10.1 Å². The number of ether oxygens (including phenoxy) is 1. The van der Waals surface area contributed by atoms with Crippen molar-refractivity contribution in [2.75, 3.05) is 11.9 Å². The number of hydrogen-bond donors (Lipinski definition) is 1. The lowest BCUT2D eigenvalue weighted by Crippen LogP contribution is -2.20. The first-order valence-corrected chi connectivity index (χ1v) is 8.98. The number of nitrogens with one attached hydrogen (secondary N) is 1. The molecular formula is C23H17ClN2O2. The van der Waals surface area contributed by atoms with Gasteiger partial charge in [-0.05, 0) is 42.0 Å². The highest BCUT2D eigenvalue weighted by molar-refractivity contribution is 6.32. The van der Waals surface area contributed by atoms with Gasteiger partial charge in [0.05, 0.1) is 11.6 Å². The quantitative estimate of drug-likeness (QED) is 0.453. The Bertz CT molecular complexity index is 1020. The lowest BCUT2D eigenvalue weighted by molar-refractivity contribution is -0.118. The molecule has 0 saturated heterocycles. The molecular weight excluding hydrogens is 372 g/mol. The molecule has 5 heteroatoms. The predicted octanol–water partition coefficient (Wildman–Crippen LogP) is 5.42. The van der Waals surface area contributed by atoms with Crippen LogP contribution in [0.25, 0.3) is 11.6 Å². The number of carbonyl (C=O) groups excluding carboxylic acids is 1. The SMILES string of the molecule is N#CC(=Cc1ccc(OCC(=O)Nc2ccccc2)cc1)c1ccccc1Cl. The summed E-state index contributed by atoms with van der Waals surface area (Å²) in [7, 11) is 0. The van der Waals surface area contributed by atoms with Crippen molar-refractivity contribution >= 4 is 34.8 Å². The number of carbonyl (C=O) groups is 1. The first-order chi connectivity index (χ1) is 13.7. The minimum absolute atomic E-state index is 0.0901. The van der Waals surface area contributed by atoms with Gasteiger partial charge in [-0.25, -0.2) is 0 Å². The van der Waals surface area contributed by atoms with E-state index in [0.717, 1.165) is 11.3 Å². The van der Waals surface area contributed by atoms with Crippen LogP contribution in [0, 0.1) is 11.3 Å². The Balaban J connectivity index is 1.62. The van der Waals surface area contributed by atoms with Gasteiger partial charge in [0.25, 0.3) is 5.91 Å². The van der Waals surface area contributed by atoms with Gasteiger partial charge in [0.15, 0.2) is 6.61 Å². The summed E-state index contributed by atoms with van der Waals surface area (Å²) in [6, 6.07) is 25.7. The van der Waals surface area contributed by atoms with Gasteiger partial charge < -0.3 is 10.1 Å². The van der Waals surface area contributed by atoms with Crippen molar-refractivity contribution in [1.29, 1.82) is 5.26 Å². The van der Waals surface area contributed by atoms with Gasteiger partial charge in [0.1, 0.15) is 5.75 Å². The van der Waals surface area contributed by atoms with Crippen LogP contribution >= 0.6 is 11.6 Å². The molecule has 0 radical (unpaired) electrons. The number of anilines is 1. The van der Waals surface area contributed by atoms with Gasteiger partial charge in [-0.2, -0.15) is 5.26 Å². The minimum Gasteiger partial charge on any atom is -0.484 e. The molecule has 1 amide bonds. The monoisotopic (exact) mass is 388 g/mol. The highest BCUT2D eigenvalue weighted by Gasteiger charge is 2.06. The van der Waals surface area contributed by atoms with Crippen molar-refractivity contribution in [3.63, 3.8) is 0 Å². The molecule has 0 spiro atoms. The van der Waals surface area contributed by atoms with Gasteiger partial charge in [-0.1, -0.05) is 60.1 Å². The summed E-state index contributed by atoms with van der Waals surface area (Å²) in [5.41, 5.74) is 2.71. The third-order valence-electron chi connectivity index (χ3n) is 3.90. The van der Waals surface area contributed by atoms with E-state index in [1.807, 2.05) is 54.6 Å². The Kier molecular flexibility index (Phi) is 6.46. The van der Waals surface area contributed by atoms with Crippen LogP contribution in [-0.4, -0.2) is 12.5 Å². The Morgan fingerprint density at radius 1 is 1.00 bits per heavy atom. The average Bonchev–Trinajstić information content (AvgIpc) is 2.73. The maximum absolute atomic E-state index is 11.9. The van der Waals surface area contributed by atoms with Crippen molar-refractivity contribution in [1.82, 2.24) is 0 Å². The summed E-state index contributed by atoms with van der Waals surface area (Å²) >= 11 is 6.17. The van der Waals surface area contributed by atoms with Crippen molar-refractivity contribution in [2.45, 2.75) is 0 Å². The third-order valence-corrected chi connectivity index (χ3v) is 4.23. The molecule has 0 aliphatic rings. The molecule has 28 heavy (non-hydrogen) atoms. The fourth-order valence-corrected chi connectivity index (χ4v) is 2.78. The number of hydrogen-bond acceptors (Lipinski definition) is 3. The molecule has 3 rings (SSSR count). The first kappa shape index (κ1) is 19.2. The maximum Gasteiger partial charge on any atom is 0.262 e. The molecule has 0 saturated carbocycles. The van der Waals surface area contributed by atoms with E-state index in [1.54, 1.807) is 30.3 Å². The zero-order chi connectivity index (χ0) is 19.8. The summed E-state index contributed by atoms with van der Waals surface area (Å²) in [6.07, 6.45) is 1.76. The number of para-hydroxylation sites is 1.